The number of benzene rings is 2. The minimum Gasteiger partial charge on any atom is -0.485 e. The van der Waals surface area contributed by atoms with Gasteiger partial charge in [0.05, 0.1) is 13.0 Å². The average molecular weight is 515 g/mol. The number of ether oxygens (including phenoxy) is 2. The Labute approximate surface area is 225 Å². The highest BCUT2D eigenvalue weighted by Gasteiger charge is 2.39. The molecule has 2 aromatic carbocycles. The highest BCUT2D eigenvalue weighted by atomic mass is 16.5. The highest BCUT2D eigenvalue weighted by molar-refractivity contribution is 5.71. The molecule has 1 aliphatic heterocycles. The van der Waals surface area contributed by atoms with E-state index >= 15 is 0 Å². The molecule has 1 saturated carbocycles. The quantitative estimate of drug-likeness (QED) is 0.320. The first-order valence-corrected chi connectivity index (χ1v) is 13.7. The zero-order valence-electron chi connectivity index (χ0n) is 22.7. The summed E-state index contributed by atoms with van der Waals surface area (Å²) in [4.78, 5) is 16.1. The van der Waals surface area contributed by atoms with Gasteiger partial charge in [-0.3, -0.25) is 4.79 Å². The standard InChI is InChI=1S/C32H38N2O4/c1-19(2)34-18-26-15-24(9-11-27(26)23-13-14-33-30(17-23)37-4)28-12-10-21-5-8-25(16-29(21)38-28)31(22-6-7-22)20(3)32(35)36/h5,8-9,11,13-17,19-20,22,28,31,34H,6-7,10,12,18H2,1-4H3,(H,35,36)/t20-,28-,31-/m0/s1. The van der Waals surface area contributed by atoms with E-state index in [1.165, 1.54) is 11.1 Å². The number of aryl methyl sites for hydroxylation is 1. The minimum atomic E-state index is -0.729. The monoisotopic (exact) mass is 514 g/mol. The topological polar surface area (TPSA) is 80.7 Å². The third kappa shape index (κ3) is 5.70. The maximum absolute atomic E-state index is 11.8. The Kier molecular flexibility index (Phi) is 7.70. The van der Waals surface area contributed by atoms with E-state index < -0.39 is 11.9 Å². The number of carboxylic acids is 1. The summed E-state index contributed by atoms with van der Waals surface area (Å²) < 4.78 is 12.0. The van der Waals surface area contributed by atoms with Gasteiger partial charge in [-0.05, 0) is 83.0 Å². The lowest BCUT2D eigenvalue weighted by Crippen LogP contribution is -2.23. The fourth-order valence-corrected chi connectivity index (χ4v) is 5.65. The van der Waals surface area contributed by atoms with Crippen LogP contribution in [0.1, 0.15) is 74.3 Å². The Hall–Kier alpha value is -3.38. The van der Waals surface area contributed by atoms with Crippen LogP contribution >= 0.6 is 0 Å². The van der Waals surface area contributed by atoms with Crippen LogP contribution in [0.25, 0.3) is 11.1 Å². The molecular formula is C32H38N2O4. The number of nitrogens with zero attached hydrogens (tertiary/aromatic N) is 1. The Morgan fingerprint density at radius 3 is 2.63 bits per heavy atom. The Bertz CT molecular complexity index is 1300. The van der Waals surface area contributed by atoms with Crippen LogP contribution < -0.4 is 14.8 Å². The normalized spacial score (nSPS) is 18.4. The number of hydrogen-bond donors (Lipinski definition) is 2. The van der Waals surface area contributed by atoms with E-state index in [9.17, 15) is 9.90 Å². The first-order valence-electron chi connectivity index (χ1n) is 13.7. The van der Waals surface area contributed by atoms with Gasteiger partial charge in [-0.25, -0.2) is 4.98 Å². The number of methoxy groups -OCH3 is 1. The molecule has 0 unspecified atom stereocenters. The number of rotatable bonds is 10. The Morgan fingerprint density at radius 1 is 1.11 bits per heavy atom. The van der Waals surface area contributed by atoms with Gasteiger partial charge >= 0.3 is 5.97 Å². The third-order valence-electron chi connectivity index (χ3n) is 7.94. The lowest BCUT2D eigenvalue weighted by molar-refractivity contribution is -0.142. The number of hydrogen-bond acceptors (Lipinski definition) is 5. The molecule has 38 heavy (non-hydrogen) atoms. The third-order valence-corrected chi connectivity index (χ3v) is 7.94. The number of fused-ring (bicyclic) bond motifs is 1. The largest absolute Gasteiger partial charge is 0.485 e. The van der Waals surface area contributed by atoms with E-state index in [1.54, 1.807) is 13.3 Å². The van der Waals surface area contributed by atoms with Crippen molar-refractivity contribution in [3.8, 4) is 22.8 Å². The van der Waals surface area contributed by atoms with Crippen molar-refractivity contribution < 1.29 is 19.4 Å². The molecule has 6 nitrogen and oxygen atoms in total. The zero-order valence-corrected chi connectivity index (χ0v) is 22.7. The van der Waals surface area contributed by atoms with Gasteiger partial charge < -0.3 is 19.9 Å². The molecule has 0 bridgehead atoms. The van der Waals surface area contributed by atoms with Crippen LogP contribution in [0.2, 0.25) is 0 Å². The molecule has 0 saturated heterocycles. The van der Waals surface area contributed by atoms with Crippen molar-refractivity contribution in [3.63, 3.8) is 0 Å². The van der Waals surface area contributed by atoms with E-state index in [0.29, 0.717) is 17.8 Å². The summed E-state index contributed by atoms with van der Waals surface area (Å²) in [6, 6.07) is 17.3. The van der Waals surface area contributed by atoms with Gasteiger partial charge in [-0.1, -0.05) is 51.1 Å². The van der Waals surface area contributed by atoms with Gasteiger partial charge in [0.15, 0.2) is 0 Å². The molecule has 0 radical (unpaired) electrons. The van der Waals surface area contributed by atoms with Gasteiger partial charge in [0.25, 0.3) is 0 Å². The van der Waals surface area contributed by atoms with E-state index in [1.807, 2.05) is 19.1 Å². The predicted octanol–water partition coefficient (Wildman–Crippen LogP) is 6.54. The van der Waals surface area contributed by atoms with E-state index in [2.05, 4.69) is 60.5 Å². The summed E-state index contributed by atoms with van der Waals surface area (Å²) in [5.74, 6) is 0.843. The first kappa shape index (κ1) is 26.2. The van der Waals surface area contributed by atoms with Crippen LogP contribution in [0.3, 0.4) is 0 Å². The van der Waals surface area contributed by atoms with Crippen molar-refractivity contribution >= 4 is 5.97 Å². The molecule has 1 aromatic heterocycles. The second-order valence-electron chi connectivity index (χ2n) is 11.0. The summed E-state index contributed by atoms with van der Waals surface area (Å²) in [5.41, 5.74) is 6.87. The molecule has 5 rings (SSSR count). The fourth-order valence-electron chi connectivity index (χ4n) is 5.65. The van der Waals surface area contributed by atoms with Gasteiger partial charge in [0.1, 0.15) is 11.9 Å². The van der Waals surface area contributed by atoms with Crippen molar-refractivity contribution in [2.24, 2.45) is 11.8 Å². The summed E-state index contributed by atoms with van der Waals surface area (Å²) >= 11 is 0. The van der Waals surface area contributed by atoms with Gasteiger partial charge in [0, 0.05) is 24.8 Å². The molecule has 1 aliphatic carbocycles. The zero-order chi connectivity index (χ0) is 26.8. The average Bonchev–Trinajstić information content (AvgIpc) is 3.76. The summed E-state index contributed by atoms with van der Waals surface area (Å²) in [6.45, 7) is 6.88. The van der Waals surface area contributed by atoms with Crippen molar-refractivity contribution in [2.75, 3.05) is 7.11 Å². The second kappa shape index (κ2) is 11.2. The summed E-state index contributed by atoms with van der Waals surface area (Å²) in [7, 11) is 1.63. The molecule has 6 heteroatoms. The number of carbonyl (C=O) groups is 1. The minimum absolute atomic E-state index is 0.0344. The van der Waals surface area contributed by atoms with Gasteiger partial charge in [-0.2, -0.15) is 0 Å². The molecule has 3 atom stereocenters. The molecule has 0 amide bonds. The summed E-state index contributed by atoms with van der Waals surface area (Å²) in [5, 5.41) is 13.3. The van der Waals surface area contributed by atoms with Gasteiger partial charge in [0.2, 0.25) is 5.88 Å². The van der Waals surface area contributed by atoms with E-state index in [-0.39, 0.29) is 12.0 Å². The molecule has 3 aromatic rings. The smallest absolute Gasteiger partial charge is 0.306 e. The number of aliphatic carboxylic acids is 1. The number of pyridine rings is 1. The number of carboxylic acid groups (broad SMARTS) is 1. The van der Waals surface area contributed by atoms with Crippen molar-refractivity contribution in [1.29, 1.82) is 0 Å². The maximum Gasteiger partial charge on any atom is 0.306 e. The molecule has 2 aliphatic rings. The predicted molar refractivity (Wildman–Crippen MR) is 149 cm³/mol. The SMILES string of the molecule is COc1cc(-c2ccc([C@@H]3CCc4ccc([C@H](C5CC5)[C@H](C)C(=O)O)cc4O3)cc2CNC(C)C)ccn1. The van der Waals surface area contributed by atoms with Gasteiger partial charge in [-0.15, -0.1) is 0 Å². The van der Waals surface area contributed by atoms with Crippen molar-refractivity contribution in [2.45, 2.75) is 71.1 Å². The first-order chi connectivity index (χ1) is 18.3. The van der Waals surface area contributed by atoms with Crippen LogP contribution in [-0.2, 0) is 17.8 Å². The van der Waals surface area contributed by atoms with Crippen LogP contribution in [0, 0.1) is 11.8 Å². The number of nitrogens with one attached hydrogen (secondary N) is 1. The molecule has 1 fully saturated rings. The number of aromatic nitrogens is 1. The lowest BCUT2D eigenvalue weighted by Gasteiger charge is -2.29. The van der Waals surface area contributed by atoms with Crippen LogP contribution in [0.15, 0.2) is 54.7 Å². The Morgan fingerprint density at radius 2 is 1.92 bits per heavy atom. The highest BCUT2D eigenvalue weighted by Crippen LogP contribution is 2.48. The molecule has 0 spiro atoms. The second-order valence-corrected chi connectivity index (χ2v) is 11.0. The Balaban J connectivity index is 1.43. The molecule has 200 valence electrons. The lowest BCUT2D eigenvalue weighted by atomic mass is 9.82. The van der Waals surface area contributed by atoms with E-state index in [4.69, 9.17) is 9.47 Å². The maximum atomic E-state index is 11.8. The van der Waals surface area contributed by atoms with Crippen molar-refractivity contribution in [3.05, 3.63) is 77.0 Å². The molecular weight excluding hydrogens is 476 g/mol. The molecule has 2 heterocycles. The van der Waals surface area contributed by atoms with Crippen LogP contribution in [0.4, 0.5) is 0 Å². The summed E-state index contributed by atoms with van der Waals surface area (Å²) in [6.07, 6.45) is 5.78. The fraction of sp³-hybridized carbons (Fsp3) is 0.438. The van der Waals surface area contributed by atoms with E-state index in [0.717, 1.165) is 60.2 Å². The van der Waals surface area contributed by atoms with Crippen LogP contribution in [0.5, 0.6) is 11.6 Å². The molecule has 2 N–H and O–H groups in total. The van der Waals surface area contributed by atoms with Crippen molar-refractivity contribution in [1.82, 2.24) is 10.3 Å². The van der Waals surface area contributed by atoms with Crippen LogP contribution in [-0.4, -0.2) is 29.2 Å².